The summed E-state index contributed by atoms with van der Waals surface area (Å²) in [5, 5.41) is 5.65. The number of hydrogen-bond donors (Lipinski definition) is 2. The maximum absolute atomic E-state index is 13.2. The van der Waals surface area contributed by atoms with Crippen LogP contribution < -0.4 is 10.0 Å². The molecule has 170 valence electrons. The second-order valence-corrected chi connectivity index (χ2v) is 11.6. The number of thiazole rings is 1. The summed E-state index contributed by atoms with van der Waals surface area (Å²) in [7, 11) is -3.62. The molecular formula is C23H21N3O4S3. The van der Waals surface area contributed by atoms with E-state index in [1.807, 2.05) is 36.6 Å². The predicted octanol–water partition coefficient (Wildman–Crippen LogP) is 5.18. The molecule has 0 atom stereocenters. The van der Waals surface area contributed by atoms with E-state index in [0.29, 0.717) is 17.0 Å². The molecule has 2 heterocycles. The molecule has 0 aliphatic heterocycles. The van der Waals surface area contributed by atoms with E-state index in [1.54, 1.807) is 35.2 Å². The Kier molecular flexibility index (Phi) is 6.00. The van der Waals surface area contributed by atoms with E-state index in [1.165, 1.54) is 12.1 Å². The summed E-state index contributed by atoms with van der Waals surface area (Å²) < 4.78 is 34.6. The second kappa shape index (κ2) is 8.94. The fourth-order valence-corrected chi connectivity index (χ4v) is 6.60. The van der Waals surface area contributed by atoms with Crippen molar-refractivity contribution in [3.63, 3.8) is 0 Å². The van der Waals surface area contributed by atoms with Crippen LogP contribution in [0.5, 0.6) is 0 Å². The lowest BCUT2D eigenvalue weighted by Gasteiger charge is -2.09. The summed E-state index contributed by atoms with van der Waals surface area (Å²) >= 11 is 3.11. The van der Waals surface area contributed by atoms with E-state index >= 15 is 0 Å². The van der Waals surface area contributed by atoms with Crippen molar-refractivity contribution in [3.8, 4) is 0 Å². The van der Waals surface area contributed by atoms with Gasteiger partial charge in [0.05, 0.1) is 4.90 Å². The molecule has 1 amide bonds. The van der Waals surface area contributed by atoms with Crippen molar-refractivity contribution in [1.82, 2.24) is 9.71 Å². The molecule has 2 aromatic carbocycles. The molecular weight excluding hydrogens is 478 g/mol. The van der Waals surface area contributed by atoms with E-state index < -0.39 is 15.9 Å². The van der Waals surface area contributed by atoms with Gasteiger partial charge in [0.15, 0.2) is 5.76 Å². The smallest absolute Gasteiger partial charge is 0.291 e. The molecule has 2 N–H and O–H groups in total. The highest BCUT2D eigenvalue weighted by Gasteiger charge is 2.28. The Morgan fingerprint density at radius 3 is 2.79 bits per heavy atom. The lowest BCUT2D eigenvalue weighted by Crippen LogP contribution is -2.25. The van der Waals surface area contributed by atoms with Gasteiger partial charge in [-0.1, -0.05) is 36.0 Å². The van der Waals surface area contributed by atoms with Crippen molar-refractivity contribution in [2.45, 2.75) is 40.8 Å². The lowest BCUT2D eigenvalue weighted by atomic mass is 10.1. The Hall–Kier alpha value is -2.66. The van der Waals surface area contributed by atoms with Crippen molar-refractivity contribution in [2.24, 2.45) is 0 Å². The molecule has 5 rings (SSSR count). The summed E-state index contributed by atoms with van der Waals surface area (Å²) in [6.07, 6.45) is 1.70. The molecule has 1 fully saturated rings. The second-order valence-electron chi connectivity index (χ2n) is 7.83. The zero-order valence-electron chi connectivity index (χ0n) is 17.7. The zero-order valence-corrected chi connectivity index (χ0v) is 20.1. The van der Waals surface area contributed by atoms with Crippen LogP contribution >= 0.6 is 23.1 Å². The van der Waals surface area contributed by atoms with Crippen molar-refractivity contribution in [2.75, 3.05) is 5.32 Å². The summed E-state index contributed by atoms with van der Waals surface area (Å²) in [4.78, 5) is 17.8. The number of nitrogens with zero attached hydrogens (tertiary/aromatic N) is 1. The molecule has 0 saturated heterocycles. The monoisotopic (exact) mass is 499 g/mol. The first kappa shape index (κ1) is 22.1. The van der Waals surface area contributed by atoms with Gasteiger partial charge in [0, 0.05) is 39.5 Å². The van der Waals surface area contributed by atoms with Gasteiger partial charge in [0.25, 0.3) is 5.91 Å². The van der Waals surface area contributed by atoms with Crippen molar-refractivity contribution < 1.29 is 17.6 Å². The fourth-order valence-electron chi connectivity index (χ4n) is 3.38. The van der Waals surface area contributed by atoms with Crippen molar-refractivity contribution in [1.29, 1.82) is 0 Å². The van der Waals surface area contributed by atoms with Gasteiger partial charge in [-0.25, -0.2) is 18.1 Å². The summed E-state index contributed by atoms with van der Waals surface area (Å²) in [5.41, 5.74) is 2.75. The van der Waals surface area contributed by atoms with Gasteiger partial charge in [-0.3, -0.25) is 4.79 Å². The van der Waals surface area contributed by atoms with Crippen molar-refractivity contribution >= 4 is 55.7 Å². The number of hydrogen-bond acceptors (Lipinski definition) is 7. The summed E-state index contributed by atoms with van der Waals surface area (Å²) in [6.45, 7) is 1.95. The Bertz CT molecular complexity index is 1440. The van der Waals surface area contributed by atoms with Gasteiger partial charge in [-0.2, -0.15) is 0 Å². The standard InChI is InChI=1S/C23H21N3O4S3/c1-14-12-31-23(24-14)32-13-19-18-7-2-3-8-20(18)30-21(19)22(27)25-16-5-4-6-17(11-16)33(28,29)26-15-9-10-15/h2-8,11-12,15,26H,9-10,13H2,1H3,(H,25,27). The third-order valence-electron chi connectivity index (χ3n) is 5.14. The number of carbonyl (C=O) groups excluding carboxylic acids is 1. The van der Waals surface area contributed by atoms with Gasteiger partial charge >= 0.3 is 0 Å². The lowest BCUT2D eigenvalue weighted by molar-refractivity contribution is 0.0997. The fraction of sp³-hybridized carbons (Fsp3) is 0.217. The van der Waals surface area contributed by atoms with Crippen LogP contribution in [0.1, 0.15) is 34.7 Å². The number of amides is 1. The number of sulfonamides is 1. The number of anilines is 1. The average molecular weight is 500 g/mol. The van der Waals surface area contributed by atoms with Gasteiger partial charge in [-0.05, 0) is 44.0 Å². The third-order valence-corrected chi connectivity index (χ3v) is 8.83. The van der Waals surface area contributed by atoms with Crippen LogP contribution in [0.3, 0.4) is 0 Å². The minimum Gasteiger partial charge on any atom is -0.451 e. The van der Waals surface area contributed by atoms with E-state index in [9.17, 15) is 13.2 Å². The maximum Gasteiger partial charge on any atom is 0.291 e. The topological polar surface area (TPSA) is 101 Å². The number of rotatable bonds is 8. The SMILES string of the molecule is Cc1csc(SCc2c(C(=O)Nc3cccc(S(=O)(=O)NC4CC4)c3)oc3ccccc23)n1. The number of nitrogens with one attached hydrogen (secondary N) is 2. The maximum atomic E-state index is 13.2. The molecule has 0 unspecified atom stereocenters. The first-order valence-corrected chi connectivity index (χ1v) is 13.7. The van der Waals surface area contributed by atoms with Crippen molar-refractivity contribution in [3.05, 3.63) is 70.9 Å². The zero-order chi connectivity index (χ0) is 23.0. The Morgan fingerprint density at radius 2 is 2.03 bits per heavy atom. The molecule has 33 heavy (non-hydrogen) atoms. The number of aromatic nitrogens is 1. The number of carbonyl (C=O) groups is 1. The minimum absolute atomic E-state index is 0.00507. The molecule has 0 bridgehead atoms. The van der Waals surface area contributed by atoms with E-state index in [2.05, 4.69) is 15.0 Å². The van der Waals surface area contributed by atoms with E-state index in [4.69, 9.17) is 4.42 Å². The van der Waals surface area contributed by atoms with Gasteiger partial charge in [0.1, 0.15) is 9.92 Å². The molecule has 4 aromatic rings. The van der Waals surface area contributed by atoms with Crippen LogP contribution in [-0.4, -0.2) is 25.4 Å². The molecule has 7 nitrogen and oxygen atoms in total. The van der Waals surface area contributed by atoms with Crippen LogP contribution in [0.15, 0.2) is 67.6 Å². The molecule has 1 aliphatic rings. The van der Waals surface area contributed by atoms with Gasteiger partial charge < -0.3 is 9.73 Å². The summed E-state index contributed by atoms with van der Waals surface area (Å²) in [6, 6.07) is 13.8. The van der Waals surface area contributed by atoms with E-state index in [-0.39, 0.29) is 16.7 Å². The summed E-state index contributed by atoms with van der Waals surface area (Å²) in [5.74, 6) is 0.301. The van der Waals surface area contributed by atoms with Crippen LogP contribution in [0, 0.1) is 6.92 Å². The molecule has 0 radical (unpaired) electrons. The number of benzene rings is 2. The largest absolute Gasteiger partial charge is 0.451 e. The predicted molar refractivity (Wildman–Crippen MR) is 130 cm³/mol. The molecule has 0 spiro atoms. The average Bonchev–Trinajstić information content (AvgIpc) is 3.37. The first-order valence-electron chi connectivity index (χ1n) is 10.4. The van der Waals surface area contributed by atoms with Gasteiger partial charge in [0.2, 0.25) is 10.0 Å². The molecule has 10 heteroatoms. The van der Waals surface area contributed by atoms with E-state index in [0.717, 1.165) is 33.8 Å². The highest BCUT2D eigenvalue weighted by Crippen LogP contribution is 2.33. The minimum atomic E-state index is -3.62. The third kappa shape index (κ3) is 4.98. The number of furan rings is 1. The van der Waals surface area contributed by atoms with Crippen LogP contribution in [0.25, 0.3) is 11.0 Å². The number of thioether (sulfide) groups is 1. The normalized spacial score (nSPS) is 14.0. The van der Waals surface area contributed by atoms with Crippen LogP contribution in [-0.2, 0) is 15.8 Å². The quantitative estimate of drug-likeness (QED) is 0.324. The van der Waals surface area contributed by atoms with Crippen LogP contribution in [0.2, 0.25) is 0 Å². The highest BCUT2D eigenvalue weighted by molar-refractivity contribution is 8.00. The van der Waals surface area contributed by atoms with Crippen LogP contribution in [0.4, 0.5) is 5.69 Å². The number of aryl methyl sites for hydroxylation is 1. The Labute approximate surface area is 199 Å². The number of fused-ring (bicyclic) bond motifs is 1. The first-order chi connectivity index (χ1) is 15.9. The highest BCUT2D eigenvalue weighted by atomic mass is 32.2. The Balaban J connectivity index is 1.41. The molecule has 2 aromatic heterocycles. The molecule has 1 saturated carbocycles. The molecule has 1 aliphatic carbocycles. The number of para-hydroxylation sites is 1. The Morgan fingerprint density at radius 1 is 1.21 bits per heavy atom. The van der Waals surface area contributed by atoms with Gasteiger partial charge in [-0.15, -0.1) is 11.3 Å².